The maximum absolute atomic E-state index is 12.5. The number of aromatic nitrogens is 2. The van der Waals surface area contributed by atoms with Crippen LogP contribution in [0.15, 0.2) is 42.6 Å². The molecule has 0 amide bonds. The molecule has 3 aromatic rings. The van der Waals surface area contributed by atoms with Gasteiger partial charge >= 0.3 is 11.9 Å². The van der Waals surface area contributed by atoms with Crippen molar-refractivity contribution in [2.24, 2.45) is 0 Å². The molecule has 6 nitrogen and oxygen atoms in total. The molecule has 3 rings (SSSR count). The van der Waals surface area contributed by atoms with Crippen LogP contribution in [0.4, 0.5) is 0 Å². The van der Waals surface area contributed by atoms with Gasteiger partial charge < -0.3 is 13.9 Å². The third kappa shape index (κ3) is 4.22. The Kier molecular flexibility index (Phi) is 5.23. The molecule has 0 spiro atoms. The topological polar surface area (TPSA) is 69.9 Å². The van der Waals surface area contributed by atoms with Crippen molar-refractivity contribution < 1.29 is 19.1 Å². The zero-order chi connectivity index (χ0) is 20.5. The minimum absolute atomic E-state index is 0.0932. The number of imidazole rings is 1. The van der Waals surface area contributed by atoms with Gasteiger partial charge in [0.15, 0.2) is 0 Å². The number of carbonyl (C=O) groups is 2. The van der Waals surface area contributed by atoms with E-state index in [2.05, 4.69) is 0 Å². The summed E-state index contributed by atoms with van der Waals surface area (Å²) in [5.41, 5.74) is 3.95. The van der Waals surface area contributed by atoms with Crippen molar-refractivity contribution in [3.63, 3.8) is 0 Å². The molecule has 28 heavy (non-hydrogen) atoms. The maximum Gasteiger partial charge on any atom is 0.337 e. The number of fused-ring (bicyclic) bond motifs is 1. The number of carbonyl (C=O) groups excluding carboxylic acids is 2. The van der Waals surface area contributed by atoms with Gasteiger partial charge in [-0.15, -0.1) is 0 Å². The van der Waals surface area contributed by atoms with Crippen LogP contribution in [0.5, 0.6) is 0 Å². The van der Waals surface area contributed by atoms with E-state index < -0.39 is 11.6 Å². The van der Waals surface area contributed by atoms with E-state index in [4.69, 9.17) is 14.5 Å². The first-order chi connectivity index (χ1) is 13.2. The Morgan fingerprint density at radius 3 is 2.36 bits per heavy atom. The highest BCUT2D eigenvalue weighted by Crippen LogP contribution is 2.26. The second-order valence-electron chi connectivity index (χ2n) is 7.67. The Morgan fingerprint density at radius 2 is 1.75 bits per heavy atom. The van der Waals surface area contributed by atoms with Crippen molar-refractivity contribution in [2.75, 3.05) is 7.11 Å². The number of hydrogen-bond acceptors (Lipinski definition) is 5. The Morgan fingerprint density at radius 1 is 1.07 bits per heavy atom. The van der Waals surface area contributed by atoms with Crippen LogP contribution < -0.4 is 0 Å². The summed E-state index contributed by atoms with van der Waals surface area (Å²) in [4.78, 5) is 28.9. The fourth-order valence-corrected chi connectivity index (χ4v) is 3.00. The van der Waals surface area contributed by atoms with Gasteiger partial charge in [-0.2, -0.15) is 0 Å². The van der Waals surface area contributed by atoms with Gasteiger partial charge in [0.1, 0.15) is 11.2 Å². The Labute approximate surface area is 164 Å². The molecule has 2 heterocycles. The number of ether oxygens (including phenoxy) is 2. The van der Waals surface area contributed by atoms with Crippen molar-refractivity contribution in [3.05, 3.63) is 59.4 Å². The molecule has 0 N–H and O–H groups in total. The summed E-state index contributed by atoms with van der Waals surface area (Å²) >= 11 is 0. The lowest BCUT2D eigenvalue weighted by Crippen LogP contribution is -2.25. The SMILES string of the molecule is COC(=O)c1ccc(-c2nc3ccc(C)cn3c2CC(=O)OC(C)(C)C)cc1. The van der Waals surface area contributed by atoms with Gasteiger partial charge in [0.2, 0.25) is 0 Å². The van der Waals surface area contributed by atoms with Crippen molar-refractivity contribution in [2.45, 2.75) is 39.7 Å². The largest absolute Gasteiger partial charge is 0.465 e. The van der Waals surface area contributed by atoms with Gasteiger partial charge in [0, 0.05) is 11.8 Å². The third-order valence-corrected chi connectivity index (χ3v) is 4.18. The van der Waals surface area contributed by atoms with Crippen LogP contribution in [-0.2, 0) is 20.7 Å². The Balaban J connectivity index is 2.06. The zero-order valence-electron chi connectivity index (χ0n) is 16.8. The van der Waals surface area contributed by atoms with Crippen molar-refractivity contribution in [1.29, 1.82) is 0 Å². The highest BCUT2D eigenvalue weighted by molar-refractivity contribution is 5.90. The van der Waals surface area contributed by atoms with E-state index >= 15 is 0 Å². The fourth-order valence-electron chi connectivity index (χ4n) is 3.00. The molecule has 146 valence electrons. The summed E-state index contributed by atoms with van der Waals surface area (Å²) in [5.74, 6) is -0.714. The first-order valence-electron chi connectivity index (χ1n) is 9.06. The Bertz CT molecular complexity index is 1030. The van der Waals surface area contributed by atoms with Crippen molar-refractivity contribution in [1.82, 2.24) is 9.38 Å². The third-order valence-electron chi connectivity index (χ3n) is 4.18. The monoisotopic (exact) mass is 380 g/mol. The molecule has 0 unspecified atom stereocenters. The molecule has 0 saturated carbocycles. The molecule has 0 aliphatic heterocycles. The van der Waals surface area contributed by atoms with Gasteiger partial charge in [0.05, 0.1) is 30.5 Å². The van der Waals surface area contributed by atoms with E-state index in [1.165, 1.54) is 7.11 Å². The minimum Gasteiger partial charge on any atom is -0.465 e. The number of pyridine rings is 1. The molecular formula is C22H24N2O4. The first-order valence-corrected chi connectivity index (χ1v) is 9.06. The molecule has 1 aromatic carbocycles. The van der Waals surface area contributed by atoms with Gasteiger partial charge in [-0.05, 0) is 51.5 Å². The summed E-state index contributed by atoms with van der Waals surface area (Å²) in [7, 11) is 1.35. The minimum atomic E-state index is -0.560. The molecule has 0 aliphatic rings. The number of methoxy groups -OCH3 is 1. The molecule has 0 aliphatic carbocycles. The molecule has 0 fully saturated rings. The smallest absolute Gasteiger partial charge is 0.337 e. The lowest BCUT2D eigenvalue weighted by atomic mass is 10.1. The number of aryl methyl sites for hydroxylation is 1. The van der Waals surface area contributed by atoms with Crippen molar-refractivity contribution >= 4 is 17.6 Å². The van der Waals surface area contributed by atoms with Crippen LogP contribution in [0, 0.1) is 6.92 Å². The van der Waals surface area contributed by atoms with Crippen LogP contribution in [0.25, 0.3) is 16.9 Å². The van der Waals surface area contributed by atoms with E-state index in [1.807, 2.05) is 50.4 Å². The van der Waals surface area contributed by atoms with Gasteiger partial charge in [-0.1, -0.05) is 18.2 Å². The highest BCUT2D eigenvalue weighted by atomic mass is 16.6. The molecule has 0 saturated heterocycles. The average Bonchev–Trinajstić information content (AvgIpc) is 2.97. The first kappa shape index (κ1) is 19.6. The standard InChI is InChI=1S/C22H24N2O4/c1-14-6-11-18-23-20(15-7-9-16(10-8-15)21(26)27-5)17(24(18)13-14)12-19(25)28-22(2,3)4/h6-11,13H,12H2,1-5H3. The maximum atomic E-state index is 12.5. The summed E-state index contributed by atoms with van der Waals surface area (Å²) in [6, 6.07) is 10.9. The summed E-state index contributed by atoms with van der Waals surface area (Å²) < 4.78 is 12.2. The van der Waals surface area contributed by atoms with Crippen LogP contribution >= 0.6 is 0 Å². The van der Waals surface area contributed by atoms with E-state index in [0.717, 1.165) is 22.5 Å². The number of esters is 2. The summed E-state index contributed by atoms with van der Waals surface area (Å²) in [6.07, 6.45) is 2.05. The molecular weight excluding hydrogens is 356 g/mol. The second kappa shape index (κ2) is 7.46. The van der Waals surface area contributed by atoms with E-state index in [-0.39, 0.29) is 12.4 Å². The predicted octanol–water partition coefficient (Wildman–Crippen LogP) is 3.98. The van der Waals surface area contributed by atoms with Crippen LogP contribution in [0.1, 0.15) is 42.4 Å². The fraction of sp³-hybridized carbons (Fsp3) is 0.318. The lowest BCUT2D eigenvalue weighted by Gasteiger charge is -2.19. The van der Waals surface area contributed by atoms with Crippen LogP contribution in [-0.4, -0.2) is 34.0 Å². The van der Waals surface area contributed by atoms with Gasteiger partial charge in [-0.25, -0.2) is 9.78 Å². The molecule has 0 radical (unpaired) electrons. The summed E-state index contributed by atoms with van der Waals surface area (Å²) in [5, 5.41) is 0. The highest BCUT2D eigenvalue weighted by Gasteiger charge is 2.22. The van der Waals surface area contributed by atoms with E-state index in [9.17, 15) is 9.59 Å². The second-order valence-corrected chi connectivity index (χ2v) is 7.67. The van der Waals surface area contributed by atoms with Gasteiger partial charge in [0.25, 0.3) is 0 Å². The quantitative estimate of drug-likeness (QED) is 0.640. The van der Waals surface area contributed by atoms with Crippen molar-refractivity contribution in [3.8, 4) is 11.3 Å². The number of nitrogens with zero attached hydrogens (tertiary/aromatic N) is 2. The summed E-state index contributed by atoms with van der Waals surface area (Å²) in [6.45, 7) is 7.52. The number of rotatable bonds is 4. The normalized spacial score (nSPS) is 11.5. The average molecular weight is 380 g/mol. The van der Waals surface area contributed by atoms with E-state index in [1.54, 1.807) is 24.3 Å². The number of hydrogen-bond donors (Lipinski definition) is 0. The molecule has 0 atom stereocenters. The Hall–Kier alpha value is -3.15. The zero-order valence-corrected chi connectivity index (χ0v) is 16.8. The lowest BCUT2D eigenvalue weighted by molar-refractivity contribution is -0.154. The molecule has 0 bridgehead atoms. The van der Waals surface area contributed by atoms with Gasteiger partial charge in [-0.3, -0.25) is 4.79 Å². The molecule has 6 heteroatoms. The number of benzene rings is 1. The van der Waals surface area contributed by atoms with Crippen LogP contribution in [0.2, 0.25) is 0 Å². The van der Waals surface area contributed by atoms with Crippen LogP contribution in [0.3, 0.4) is 0 Å². The molecule has 2 aromatic heterocycles. The predicted molar refractivity (Wildman–Crippen MR) is 106 cm³/mol. The van der Waals surface area contributed by atoms with E-state index in [0.29, 0.717) is 11.3 Å².